The molecule has 2 aromatic rings. The molecule has 2 aromatic carbocycles. The van der Waals surface area contributed by atoms with E-state index in [-0.39, 0.29) is 0 Å². The Morgan fingerprint density at radius 2 is 1.52 bits per heavy atom. The zero-order valence-electron chi connectivity index (χ0n) is 14.9. The molecule has 130 valence electrons. The number of hydrogen-bond donors (Lipinski definition) is 1. The smallest absolute Gasteiger partial charge is 0.336 e. The molecule has 0 atom stereocenters. The zero-order valence-corrected chi connectivity index (χ0v) is 14.9. The maximum atomic E-state index is 10.5. The fraction of sp³-hybridized carbons (Fsp3) is 0.0870. The minimum Gasteiger partial charge on any atom is -0.478 e. The number of carboxylic acids is 1. The molecule has 0 saturated carbocycles. The Morgan fingerprint density at radius 3 is 1.92 bits per heavy atom. The molecule has 1 N–H and O–H groups in total. The maximum absolute atomic E-state index is 10.5. The molecule has 0 aliphatic carbocycles. The quantitative estimate of drug-likeness (QED) is 0.648. The van der Waals surface area contributed by atoms with Gasteiger partial charge in [0, 0.05) is 0 Å². The largest absolute Gasteiger partial charge is 0.478 e. The second-order valence-corrected chi connectivity index (χ2v) is 4.77. The van der Waals surface area contributed by atoms with Crippen LogP contribution in [0.1, 0.15) is 35.3 Å². The molecule has 2 heteroatoms. The molecule has 25 heavy (non-hydrogen) atoms. The van der Waals surface area contributed by atoms with Crippen LogP contribution >= 0.6 is 0 Å². The summed E-state index contributed by atoms with van der Waals surface area (Å²) in [7, 11) is 0. The number of allylic oxidation sites excluding steroid dienone is 4. The Balaban J connectivity index is 0.000000372. The number of carbonyl (C=O) groups is 1. The van der Waals surface area contributed by atoms with Crippen molar-refractivity contribution in [3.05, 3.63) is 109 Å². The monoisotopic (exact) mass is 334 g/mol. The first kappa shape index (κ1) is 21.9. The van der Waals surface area contributed by atoms with Gasteiger partial charge in [-0.15, -0.1) is 0 Å². The number of carboxylic acid groups (broad SMARTS) is 1. The van der Waals surface area contributed by atoms with Gasteiger partial charge in [0.1, 0.15) is 0 Å². The van der Waals surface area contributed by atoms with E-state index in [1.165, 1.54) is 11.6 Å². The summed E-state index contributed by atoms with van der Waals surface area (Å²) in [5, 5.41) is 8.65. The molecular formula is C23H26O2. The predicted octanol–water partition coefficient (Wildman–Crippen LogP) is 6.50. The van der Waals surface area contributed by atoms with Crippen LogP contribution < -0.4 is 0 Å². The predicted molar refractivity (Wildman–Crippen MR) is 110 cm³/mol. The van der Waals surface area contributed by atoms with Crippen molar-refractivity contribution in [2.24, 2.45) is 0 Å². The molecule has 2 rings (SSSR count). The van der Waals surface area contributed by atoms with E-state index < -0.39 is 5.97 Å². The van der Waals surface area contributed by atoms with E-state index in [0.29, 0.717) is 11.1 Å². The summed E-state index contributed by atoms with van der Waals surface area (Å²) < 4.78 is 0. The summed E-state index contributed by atoms with van der Waals surface area (Å²) in [5.41, 5.74) is 2.21. The highest BCUT2D eigenvalue weighted by molar-refractivity contribution is 5.91. The normalized spacial score (nSPS) is 9.52. The average Bonchev–Trinajstić information content (AvgIpc) is 2.64. The molecule has 2 nitrogen and oxygen atoms in total. The fourth-order valence-corrected chi connectivity index (χ4v) is 1.76. The third kappa shape index (κ3) is 10.3. The van der Waals surface area contributed by atoms with E-state index in [1.54, 1.807) is 30.3 Å². The molecule has 0 saturated heterocycles. The Morgan fingerprint density at radius 1 is 0.920 bits per heavy atom. The molecular weight excluding hydrogens is 308 g/mol. The number of benzene rings is 2. The fourth-order valence-electron chi connectivity index (χ4n) is 1.76. The standard InChI is InChI=1S/C9H8O2.C9H10.C5H8/c1-2-7-5-3-4-6-8(7)9(10)11;1-2-6-9-7-4-3-5-8-9;1-3-5-4-2/h2-6H,1H2,(H,10,11);2-8H,1H3;3-5H,1H2,2H3. The maximum Gasteiger partial charge on any atom is 0.336 e. The van der Waals surface area contributed by atoms with Gasteiger partial charge in [0.05, 0.1) is 5.56 Å². The van der Waals surface area contributed by atoms with E-state index >= 15 is 0 Å². The van der Waals surface area contributed by atoms with Crippen molar-refractivity contribution in [2.75, 3.05) is 0 Å². The summed E-state index contributed by atoms with van der Waals surface area (Å²) in [6.45, 7) is 11.0. The Hall–Kier alpha value is -3.13. The van der Waals surface area contributed by atoms with E-state index in [1.807, 2.05) is 50.3 Å². The molecule has 0 heterocycles. The van der Waals surface area contributed by atoms with Gasteiger partial charge >= 0.3 is 5.97 Å². The average molecular weight is 334 g/mol. The molecule has 0 aliphatic heterocycles. The molecule has 0 aliphatic rings. The number of aromatic carboxylic acids is 1. The molecule has 0 bridgehead atoms. The summed E-state index contributed by atoms with van der Waals surface area (Å²) in [6.07, 6.45) is 11.2. The highest BCUT2D eigenvalue weighted by Gasteiger charge is 2.04. The van der Waals surface area contributed by atoms with Crippen LogP contribution in [0.2, 0.25) is 0 Å². The summed E-state index contributed by atoms with van der Waals surface area (Å²) >= 11 is 0. The third-order valence-electron chi connectivity index (χ3n) is 2.90. The summed E-state index contributed by atoms with van der Waals surface area (Å²) in [6, 6.07) is 17.0. The Labute approximate surface area is 151 Å². The van der Waals surface area contributed by atoms with Gasteiger partial charge in [0.2, 0.25) is 0 Å². The first-order valence-corrected chi connectivity index (χ1v) is 7.96. The van der Waals surface area contributed by atoms with Crippen LogP contribution in [-0.2, 0) is 0 Å². The van der Waals surface area contributed by atoms with Crippen LogP contribution in [0.5, 0.6) is 0 Å². The highest BCUT2D eigenvalue weighted by atomic mass is 16.4. The SMILES string of the molecule is C=CC=CC.C=Cc1ccccc1C(=O)O.CC=Cc1ccccc1. The lowest BCUT2D eigenvalue weighted by molar-refractivity contribution is 0.0696. The van der Waals surface area contributed by atoms with Crippen molar-refractivity contribution in [2.45, 2.75) is 13.8 Å². The van der Waals surface area contributed by atoms with Crippen LogP contribution in [0.3, 0.4) is 0 Å². The first-order valence-electron chi connectivity index (χ1n) is 7.96. The van der Waals surface area contributed by atoms with Gasteiger partial charge in [-0.25, -0.2) is 4.79 Å². The van der Waals surface area contributed by atoms with E-state index in [9.17, 15) is 4.79 Å². The summed E-state index contributed by atoms with van der Waals surface area (Å²) in [4.78, 5) is 10.5. The number of hydrogen-bond acceptors (Lipinski definition) is 1. The van der Waals surface area contributed by atoms with Crippen LogP contribution in [-0.4, -0.2) is 11.1 Å². The lowest BCUT2D eigenvalue weighted by Gasteiger charge is -1.97. The van der Waals surface area contributed by atoms with Gasteiger partial charge in [-0.2, -0.15) is 0 Å². The van der Waals surface area contributed by atoms with Crippen molar-refractivity contribution in [1.82, 2.24) is 0 Å². The van der Waals surface area contributed by atoms with Crippen LogP contribution in [0, 0.1) is 0 Å². The van der Waals surface area contributed by atoms with Gasteiger partial charge in [0.25, 0.3) is 0 Å². The molecule has 0 unspecified atom stereocenters. The second-order valence-electron chi connectivity index (χ2n) is 4.77. The van der Waals surface area contributed by atoms with Crippen molar-refractivity contribution in [3.8, 4) is 0 Å². The first-order chi connectivity index (χ1) is 12.1. The highest BCUT2D eigenvalue weighted by Crippen LogP contribution is 2.09. The van der Waals surface area contributed by atoms with Crippen molar-refractivity contribution in [1.29, 1.82) is 0 Å². The van der Waals surface area contributed by atoms with Crippen molar-refractivity contribution >= 4 is 18.1 Å². The van der Waals surface area contributed by atoms with Gasteiger partial charge < -0.3 is 5.11 Å². The zero-order chi connectivity index (χ0) is 18.9. The second kappa shape index (κ2) is 14.5. The number of rotatable bonds is 4. The molecule has 0 radical (unpaired) electrons. The van der Waals surface area contributed by atoms with E-state index in [2.05, 4.69) is 31.4 Å². The molecule has 0 spiro atoms. The van der Waals surface area contributed by atoms with Gasteiger partial charge in [-0.05, 0) is 31.0 Å². The minimum absolute atomic E-state index is 0.294. The lowest BCUT2D eigenvalue weighted by Crippen LogP contribution is -1.98. The van der Waals surface area contributed by atoms with E-state index in [4.69, 9.17) is 5.11 Å². The van der Waals surface area contributed by atoms with Crippen LogP contribution in [0.4, 0.5) is 0 Å². The van der Waals surface area contributed by atoms with Crippen molar-refractivity contribution in [3.63, 3.8) is 0 Å². The van der Waals surface area contributed by atoms with Crippen LogP contribution in [0.15, 0.2) is 92.1 Å². The molecule has 0 amide bonds. The Bertz CT molecular complexity index is 695. The summed E-state index contributed by atoms with van der Waals surface area (Å²) in [5.74, 6) is -0.916. The van der Waals surface area contributed by atoms with E-state index in [0.717, 1.165) is 0 Å². The lowest BCUT2D eigenvalue weighted by atomic mass is 10.1. The van der Waals surface area contributed by atoms with Gasteiger partial charge in [-0.1, -0.05) is 98.1 Å². The van der Waals surface area contributed by atoms with Gasteiger partial charge in [0.15, 0.2) is 0 Å². The minimum atomic E-state index is -0.916. The Kier molecular flexibility index (Phi) is 12.7. The topological polar surface area (TPSA) is 37.3 Å². The van der Waals surface area contributed by atoms with Gasteiger partial charge in [-0.3, -0.25) is 0 Å². The van der Waals surface area contributed by atoms with Crippen molar-refractivity contribution < 1.29 is 9.90 Å². The van der Waals surface area contributed by atoms with Crippen LogP contribution in [0.25, 0.3) is 12.2 Å². The molecule has 0 aromatic heterocycles. The third-order valence-corrected chi connectivity index (χ3v) is 2.90. The molecule has 0 fully saturated rings.